The molecule has 3 rings (SSSR count). The average Bonchev–Trinajstić information content (AvgIpc) is 3.54. The van der Waals surface area contributed by atoms with Crippen molar-refractivity contribution in [2.24, 2.45) is 17.8 Å². The number of aliphatic hydroxyl groups excluding tert-OH is 1. The first-order valence-corrected chi connectivity index (χ1v) is 16.3. The molecular formula is C30H52O4Si. The van der Waals surface area contributed by atoms with Gasteiger partial charge in [-0.1, -0.05) is 85.7 Å². The minimum absolute atomic E-state index is 0.0269. The van der Waals surface area contributed by atoms with Crippen LogP contribution in [0, 0.1) is 17.8 Å². The summed E-state index contributed by atoms with van der Waals surface area (Å²) >= 11 is 0. The first kappa shape index (κ1) is 28.8. The molecule has 0 unspecified atom stereocenters. The van der Waals surface area contributed by atoms with Gasteiger partial charge in [0.1, 0.15) is 0 Å². The van der Waals surface area contributed by atoms with Gasteiger partial charge in [0.2, 0.25) is 8.32 Å². The molecule has 0 bridgehead atoms. The zero-order valence-corrected chi connectivity index (χ0v) is 24.6. The Labute approximate surface area is 216 Å². The molecule has 7 atom stereocenters. The van der Waals surface area contributed by atoms with Gasteiger partial charge in [-0.2, -0.15) is 0 Å². The van der Waals surface area contributed by atoms with Crippen molar-refractivity contribution >= 4 is 8.32 Å². The number of rotatable bonds is 13. The summed E-state index contributed by atoms with van der Waals surface area (Å²) in [5.41, 5.74) is 2.94. The molecule has 1 aromatic rings. The highest BCUT2D eigenvalue weighted by Crippen LogP contribution is 2.50. The Hall–Kier alpha value is -0.723. The highest BCUT2D eigenvalue weighted by Gasteiger charge is 2.51. The molecule has 0 radical (unpaired) electrons. The van der Waals surface area contributed by atoms with Crippen molar-refractivity contribution < 1.29 is 19.0 Å². The Morgan fingerprint density at radius 1 is 0.971 bits per heavy atom. The number of hydrogen-bond acceptors (Lipinski definition) is 4. The van der Waals surface area contributed by atoms with Crippen molar-refractivity contribution in [2.75, 3.05) is 6.61 Å². The molecule has 1 heterocycles. The Kier molecular flexibility index (Phi) is 10.5. The quantitative estimate of drug-likeness (QED) is 0.285. The average molecular weight is 505 g/mol. The van der Waals surface area contributed by atoms with Crippen LogP contribution in [-0.2, 0) is 20.5 Å². The fourth-order valence-corrected chi connectivity index (χ4v) is 12.5. The summed E-state index contributed by atoms with van der Waals surface area (Å²) in [6.45, 7) is 19.6. The van der Waals surface area contributed by atoms with Gasteiger partial charge in [-0.3, -0.25) is 0 Å². The van der Waals surface area contributed by atoms with Gasteiger partial charge in [-0.25, -0.2) is 0 Å². The summed E-state index contributed by atoms with van der Waals surface area (Å²) in [6, 6.07) is 10.4. The van der Waals surface area contributed by atoms with Crippen LogP contribution in [0.4, 0.5) is 0 Å². The van der Waals surface area contributed by atoms with Crippen LogP contribution in [0.1, 0.15) is 86.6 Å². The summed E-state index contributed by atoms with van der Waals surface area (Å²) in [5, 5.41) is 9.73. The predicted molar refractivity (Wildman–Crippen MR) is 147 cm³/mol. The molecule has 0 aromatic heterocycles. The molecule has 200 valence electrons. The fourth-order valence-electron chi connectivity index (χ4n) is 6.86. The van der Waals surface area contributed by atoms with E-state index in [1.807, 2.05) is 6.07 Å². The van der Waals surface area contributed by atoms with E-state index in [1.54, 1.807) is 0 Å². The molecule has 5 heteroatoms. The Morgan fingerprint density at radius 2 is 1.57 bits per heavy atom. The monoisotopic (exact) mass is 504 g/mol. The lowest BCUT2D eigenvalue weighted by atomic mass is 9.86. The van der Waals surface area contributed by atoms with Gasteiger partial charge in [-0.15, -0.1) is 0 Å². The van der Waals surface area contributed by atoms with E-state index in [0.29, 0.717) is 35.6 Å². The molecule has 1 N–H and O–H groups in total. The summed E-state index contributed by atoms with van der Waals surface area (Å²) in [7, 11) is -1.98. The molecule has 1 aliphatic heterocycles. The van der Waals surface area contributed by atoms with Gasteiger partial charge in [0, 0.05) is 18.9 Å². The van der Waals surface area contributed by atoms with Crippen molar-refractivity contribution in [2.45, 2.75) is 129 Å². The number of aliphatic hydroxyl groups is 1. The van der Waals surface area contributed by atoms with Crippen LogP contribution in [-0.4, -0.2) is 44.4 Å². The molecule has 2 aliphatic rings. The number of hydrogen-bond donors (Lipinski definition) is 1. The maximum Gasteiger partial charge on any atom is 0.200 e. The zero-order valence-electron chi connectivity index (χ0n) is 23.6. The maximum atomic E-state index is 9.73. The third kappa shape index (κ3) is 6.98. The maximum absolute atomic E-state index is 9.73. The Morgan fingerprint density at radius 3 is 2.09 bits per heavy atom. The first-order valence-electron chi connectivity index (χ1n) is 14.2. The van der Waals surface area contributed by atoms with E-state index in [9.17, 15) is 5.11 Å². The molecule has 1 saturated carbocycles. The second kappa shape index (κ2) is 12.7. The third-order valence-corrected chi connectivity index (χ3v) is 15.1. The van der Waals surface area contributed by atoms with Gasteiger partial charge >= 0.3 is 0 Å². The SMILES string of the molecule is CC(C)[Si](O[C@@H](C[C@@H]1C[C@H](OCc2ccccc2)[C@@H](C)[C@H](CCO)O1)[C@@H]1C[C@H]1C)(C(C)C)C(C)C. The van der Waals surface area contributed by atoms with E-state index in [0.717, 1.165) is 18.8 Å². The summed E-state index contributed by atoms with van der Waals surface area (Å²) in [5.74, 6) is 1.64. The third-order valence-electron chi connectivity index (χ3n) is 8.96. The Balaban J connectivity index is 1.76. The van der Waals surface area contributed by atoms with Crippen molar-refractivity contribution in [3.05, 3.63) is 35.9 Å². The van der Waals surface area contributed by atoms with Crippen LogP contribution >= 0.6 is 0 Å². The molecule has 4 nitrogen and oxygen atoms in total. The van der Waals surface area contributed by atoms with E-state index in [1.165, 1.54) is 12.0 Å². The second-order valence-corrected chi connectivity index (χ2v) is 17.7. The largest absolute Gasteiger partial charge is 0.413 e. The fraction of sp³-hybridized carbons (Fsp3) is 0.800. The number of benzene rings is 1. The van der Waals surface area contributed by atoms with E-state index in [2.05, 4.69) is 79.7 Å². The van der Waals surface area contributed by atoms with Crippen LogP contribution in [0.5, 0.6) is 0 Å². The van der Waals surface area contributed by atoms with Gasteiger partial charge in [0.15, 0.2) is 0 Å². The smallest absolute Gasteiger partial charge is 0.200 e. The van der Waals surface area contributed by atoms with Crippen LogP contribution in [0.15, 0.2) is 30.3 Å². The normalized spacial score (nSPS) is 30.3. The summed E-state index contributed by atoms with van der Waals surface area (Å²) in [4.78, 5) is 0. The van der Waals surface area contributed by atoms with Crippen LogP contribution in [0.25, 0.3) is 0 Å². The minimum atomic E-state index is -1.98. The van der Waals surface area contributed by atoms with E-state index < -0.39 is 8.32 Å². The predicted octanol–water partition coefficient (Wildman–Crippen LogP) is 7.35. The van der Waals surface area contributed by atoms with Gasteiger partial charge in [-0.05, 0) is 53.3 Å². The standard InChI is InChI=1S/C30H52O4Si/c1-20(2)35(21(3)4,22(5)6)34-30(27-16-23(27)7)18-26-17-29(24(8)28(33-26)14-15-31)32-19-25-12-10-9-11-13-25/h9-13,20-24,26-31H,14-19H2,1-8H3/t23-,24+,26+,27-,28+,29+,30+/m1/s1. The van der Waals surface area contributed by atoms with Gasteiger partial charge < -0.3 is 19.0 Å². The van der Waals surface area contributed by atoms with E-state index in [-0.39, 0.29) is 36.9 Å². The van der Waals surface area contributed by atoms with Crippen molar-refractivity contribution in [3.8, 4) is 0 Å². The lowest BCUT2D eigenvalue weighted by molar-refractivity contribution is -0.164. The highest BCUT2D eigenvalue weighted by molar-refractivity contribution is 6.77. The Bertz CT molecular complexity index is 730. The van der Waals surface area contributed by atoms with Gasteiger partial charge in [0.25, 0.3) is 0 Å². The van der Waals surface area contributed by atoms with E-state index >= 15 is 0 Å². The van der Waals surface area contributed by atoms with Crippen molar-refractivity contribution in [1.29, 1.82) is 0 Å². The topological polar surface area (TPSA) is 47.9 Å². The molecule has 2 fully saturated rings. The molecule has 1 saturated heterocycles. The molecule has 1 aromatic carbocycles. The van der Waals surface area contributed by atoms with Crippen LogP contribution in [0.3, 0.4) is 0 Å². The molecule has 35 heavy (non-hydrogen) atoms. The van der Waals surface area contributed by atoms with E-state index in [4.69, 9.17) is 13.9 Å². The number of ether oxygens (including phenoxy) is 2. The molecular weight excluding hydrogens is 452 g/mol. The van der Waals surface area contributed by atoms with Crippen LogP contribution in [0.2, 0.25) is 16.6 Å². The van der Waals surface area contributed by atoms with Crippen molar-refractivity contribution in [1.82, 2.24) is 0 Å². The lowest BCUT2D eigenvalue weighted by Crippen LogP contribution is -2.52. The second-order valence-electron chi connectivity index (χ2n) is 12.3. The minimum Gasteiger partial charge on any atom is -0.413 e. The summed E-state index contributed by atoms with van der Waals surface area (Å²) in [6.07, 6.45) is 4.29. The van der Waals surface area contributed by atoms with Crippen LogP contribution < -0.4 is 0 Å². The summed E-state index contributed by atoms with van der Waals surface area (Å²) < 4.78 is 20.5. The highest BCUT2D eigenvalue weighted by atomic mass is 28.4. The van der Waals surface area contributed by atoms with Gasteiger partial charge in [0.05, 0.1) is 31.0 Å². The lowest BCUT2D eigenvalue weighted by Gasteiger charge is -2.46. The molecule has 0 amide bonds. The molecule has 1 aliphatic carbocycles. The zero-order chi connectivity index (χ0) is 25.8. The first-order chi connectivity index (χ1) is 16.6. The molecule has 0 spiro atoms. The van der Waals surface area contributed by atoms with Crippen molar-refractivity contribution in [3.63, 3.8) is 0 Å².